The smallest absolute Gasteiger partial charge is 0.177 e. The van der Waals surface area contributed by atoms with Crippen LogP contribution in [0.25, 0.3) is 0 Å². The topological polar surface area (TPSA) is 48.1 Å². The molecule has 1 aromatic carbocycles. The summed E-state index contributed by atoms with van der Waals surface area (Å²) < 4.78 is 0. The number of hydrazine groups is 1. The summed E-state index contributed by atoms with van der Waals surface area (Å²) in [6.07, 6.45) is 1.99. The fourth-order valence-corrected chi connectivity index (χ4v) is 2.67. The van der Waals surface area contributed by atoms with Crippen LogP contribution in [0.1, 0.15) is 12.5 Å². The van der Waals surface area contributed by atoms with Crippen LogP contribution in [0.5, 0.6) is 0 Å². The zero-order valence-electron chi connectivity index (χ0n) is 11.5. The minimum Gasteiger partial charge on any atom is -0.352 e. The molecule has 0 bridgehead atoms. The second-order valence-corrected chi connectivity index (χ2v) is 5.04. The molecule has 0 saturated heterocycles. The molecule has 2 aliphatic heterocycles. The van der Waals surface area contributed by atoms with Crippen molar-refractivity contribution in [3.05, 3.63) is 41.5 Å². The first-order valence-corrected chi connectivity index (χ1v) is 6.48. The van der Waals surface area contributed by atoms with Gasteiger partial charge in [0.2, 0.25) is 0 Å². The van der Waals surface area contributed by atoms with Gasteiger partial charge in [0.05, 0.1) is 6.54 Å². The van der Waals surface area contributed by atoms with Crippen LogP contribution in [0.2, 0.25) is 0 Å². The molecule has 2 aliphatic rings. The van der Waals surface area contributed by atoms with Crippen LogP contribution in [0.15, 0.2) is 40.9 Å². The van der Waals surface area contributed by atoms with Crippen molar-refractivity contribution in [1.29, 1.82) is 0 Å². The Morgan fingerprint density at radius 1 is 1.32 bits per heavy atom. The molecule has 3 rings (SSSR count). The Balaban J connectivity index is 2.12. The zero-order chi connectivity index (χ0) is 13.6. The molecule has 19 heavy (non-hydrogen) atoms. The summed E-state index contributed by atoms with van der Waals surface area (Å²) in [5.41, 5.74) is 2.38. The monoisotopic (exact) mass is 257 g/mol. The number of nitrogens with two attached hydrogens (primary N) is 1. The second kappa shape index (κ2) is 4.28. The Bertz CT molecular complexity index is 563. The predicted octanol–water partition coefficient (Wildman–Crippen LogP) is 1.48. The Kier molecular flexibility index (Phi) is 2.71. The second-order valence-electron chi connectivity index (χ2n) is 5.04. The van der Waals surface area contributed by atoms with E-state index in [4.69, 9.17) is 5.84 Å². The molecule has 0 aromatic heterocycles. The van der Waals surface area contributed by atoms with E-state index in [-0.39, 0.29) is 6.17 Å². The van der Waals surface area contributed by atoms with Crippen molar-refractivity contribution in [2.24, 2.45) is 10.8 Å². The fraction of sp³-hybridized carbons (Fsp3) is 0.357. The van der Waals surface area contributed by atoms with E-state index in [0.717, 1.165) is 23.9 Å². The van der Waals surface area contributed by atoms with Gasteiger partial charge in [-0.25, -0.2) is 10.8 Å². The lowest BCUT2D eigenvalue weighted by atomic mass is 10.2. The maximum absolute atomic E-state index is 6.22. The van der Waals surface area contributed by atoms with Gasteiger partial charge in [0.25, 0.3) is 0 Å². The number of hydrogen-bond acceptors (Lipinski definition) is 5. The van der Waals surface area contributed by atoms with E-state index in [0.29, 0.717) is 0 Å². The highest BCUT2D eigenvalue weighted by molar-refractivity contribution is 5.68. The number of para-hydroxylation sites is 1. The van der Waals surface area contributed by atoms with Crippen molar-refractivity contribution >= 4 is 11.9 Å². The highest BCUT2D eigenvalue weighted by Gasteiger charge is 2.38. The van der Waals surface area contributed by atoms with Gasteiger partial charge in [-0.05, 0) is 25.5 Å². The van der Waals surface area contributed by atoms with Crippen LogP contribution in [0.3, 0.4) is 0 Å². The summed E-state index contributed by atoms with van der Waals surface area (Å²) in [5, 5.41) is 1.79. The number of hydrogen-bond donors (Lipinski definition) is 1. The molecule has 0 radical (unpaired) electrons. The lowest BCUT2D eigenvalue weighted by Crippen LogP contribution is -2.44. The maximum atomic E-state index is 6.22. The van der Waals surface area contributed by atoms with Gasteiger partial charge in [-0.15, -0.1) is 0 Å². The molecule has 5 nitrogen and oxygen atoms in total. The highest BCUT2D eigenvalue weighted by Crippen LogP contribution is 2.36. The van der Waals surface area contributed by atoms with Gasteiger partial charge in [-0.1, -0.05) is 18.2 Å². The lowest BCUT2D eigenvalue weighted by molar-refractivity contribution is 0.229. The summed E-state index contributed by atoms with van der Waals surface area (Å²) in [6.45, 7) is 4.99. The molecular weight excluding hydrogens is 238 g/mol. The van der Waals surface area contributed by atoms with Crippen molar-refractivity contribution in [1.82, 2.24) is 9.91 Å². The largest absolute Gasteiger partial charge is 0.352 e. The van der Waals surface area contributed by atoms with E-state index in [2.05, 4.69) is 40.8 Å². The number of benzene rings is 1. The molecule has 5 heteroatoms. The van der Waals surface area contributed by atoms with Crippen molar-refractivity contribution in [2.45, 2.75) is 20.0 Å². The minimum atomic E-state index is 0.0591. The van der Waals surface area contributed by atoms with Crippen LogP contribution < -0.4 is 10.7 Å². The van der Waals surface area contributed by atoms with Crippen LogP contribution in [-0.2, 0) is 0 Å². The van der Waals surface area contributed by atoms with Crippen molar-refractivity contribution in [3.8, 4) is 0 Å². The minimum absolute atomic E-state index is 0.0591. The number of nitrogens with zero attached hydrogens (tertiary/aromatic N) is 4. The standard InChI is InChI=1S/C14H19N5/c1-10-6-4-5-7-12(10)18-11(2)19(15)14-13(18)16-8-9-17(14)3/h4-8,11H,9,15H2,1-3H3. The zero-order valence-corrected chi connectivity index (χ0v) is 11.5. The van der Waals surface area contributed by atoms with E-state index in [9.17, 15) is 0 Å². The SMILES string of the molecule is Cc1ccccc1N1C2=C(N(C)CC=N2)N(N)C1C. The normalized spacial score (nSPS) is 22.3. The third kappa shape index (κ3) is 1.69. The summed E-state index contributed by atoms with van der Waals surface area (Å²) in [7, 11) is 2.04. The number of aryl methyl sites for hydroxylation is 1. The molecule has 0 spiro atoms. The lowest BCUT2D eigenvalue weighted by Gasteiger charge is -2.29. The highest BCUT2D eigenvalue weighted by atomic mass is 15.6. The Labute approximate surface area is 113 Å². The van der Waals surface area contributed by atoms with Gasteiger partial charge in [0.1, 0.15) is 6.17 Å². The van der Waals surface area contributed by atoms with E-state index < -0.39 is 0 Å². The van der Waals surface area contributed by atoms with Gasteiger partial charge in [-0.2, -0.15) is 0 Å². The molecule has 0 fully saturated rings. The Hall–Kier alpha value is -2.01. The summed E-state index contributed by atoms with van der Waals surface area (Å²) >= 11 is 0. The molecule has 0 saturated carbocycles. The van der Waals surface area contributed by atoms with E-state index in [1.165, 1.54) is 5.56 Å². The first kappa shape index (κ1) is 12.0. The van der Waals surface area contributed by atoms with Crippen LogP contribution >= 0.6 is 0 Å². The number of rotatable bonds is 1. The molecule has 1 aromatic rings. The quantitative estimate of drug-likeness (QED) is 0.774. The van der Waals surface area contributed by atoms with Gasteiger partial charge in [-0.3, -0.25) is 5.01 Å². The molecule has 1 atom stereocenters. The number of anilines is 1. The molecule has 0 amide bonds. The predicted molar refractivity (Wildman–Crippen MR) is 77.3 cm³/mol. The molecule has 100 valence electrons. The third-order valence-electron chi connectivity index (χ3n) is 3.75. The molecular formula is C14H19N5. The first-order valence-electron chi connectivity index (χ1n) is 6.48. The maximum Gasteiger partial charge on any atom is 0.177 e. The molecule has 1 unspecified atom stereocenters. The van der Waals surface area contributed by atoms with E-state index >= 15 is 0 Å². The fourth-order valence-electron chi connectivity index (χ4n) is 2.67. The van der Waals surface area contributed by atoms with E-state index in [1.54, 1.807) is 5.01 Å². The Morgan fingerprint density at radius 3 is 2.79 bits per heavy atom. The van der Waals surface area contributed by atoms with Gasteiger partial charge < -0.3 is 9.80 Å². The average molecular weight is 257 g/mol. The third-order valence-corrected chi connectivity index (χ3v) is 3.75. The average Bonchev–Trinajstić information content (AvgIpc) is 2.64. The summed E-state index contributed by atoms with van der Waals surface area (Å²) in [5.74, 6) is 8.13. The summed E-state index contributed by atoms with van der Waals surface area (Å²) in [6, 6.07) is 8.31. The van der Waals surface area contributed by atoms with Gasteiger partial charge in [0, 0.05) is 18.9 Å². The van der Waals surface area contributed by atoms with Crippen LogP contribution in [0, 0.1) is 6.92 Å². The van der Waals surface area contributed by atoms with Crippen molar-refractivity contribution < 1.29 is 0 Å². The van der Waals surface area contributed by atoms with Gasteiger partial charge in [0.15, 0.2) is 11.6 Å². The van der Waals surface area contributed by atoms with Gasteiger partial charge >= 0.3 is 0 Å². The van der Waals surface area contributed by atoms with Crippen LogP contribution in [0.4, 0.5) is 5.69 Å². The first-order chi connectivity index (χ1) is 9.11. The van der Waals surface area contributed by atoms with E-state index in [1.807, 2.05) is 25.4 Å². The van der Waals surface area contributed by atoms with Crippen LogP contribution in [-0.4, -0.2) is 35.9 Å². The molecule has 2 N–H and O–H groups in total. The number of aliphatic imine (C=N–C) groups is 1. The molecule has 0 aliphatic carbocycles. The Morgan fingerprint density at radius 2 is 2.05 bits per heavy atom. The van der Waals surface area contributed by atoms with Crippen molar-refractivity contribution in [2.75, 3.05) is 18.5 Å². The summed E-state index contributed by atoms with van der Waals surface area (Å²) in [4.78, 5) is 8.87. The van der Waals surface area contributed by atoms with Crippen molar-refractivity contribution in [3.63, 3.8) is 0 Å². The molecule has 2 heterocycles.